The Balaban J connectivity index is 1.52. The van der Waals surface area contributed by atoms with Crippen LogP contribution in [0.15, 0.2) is 140 Å². The average molecular weight is 634 g/mol. The molecule has 0 saturated carbocycles. The van der Waals surface area contributed by atoms with E-state index in [1.54, 1.807) is 0 Å². The second kappa shape index (κ2) is 9.42. The monoisotopic (exact) mass is 634 g/mol. The number of pyridine rings is 3. The molecule has 0 aliphatic rings. The fourth-order valence-electron chi connectivity index (χ4n) is 6.61. The molecule has 4 aromatic heterocycles. The van der Waals surface area contributed by atoms with E-state index in [0.29, 0.717) is 0 Å². The van der Waals surface area contributed by atoms with Crippen LogP contribution in [-0.2, 0) is 0 Å². The van der Waals surface area contributed by atoms with Gasteiger partial charge in [-0.25, -0.2) is 0 Å². The van der Waals surface area contributed by atoms with Gasteiger partial charge in [0.05, 0.1) is 0 Å². The van der Waals surface area contributed by atoms with E-state index < -0.39 is 5.51 Å². The molecule has 0 bridgehead atoms. The van der Waals surface area contributed by atoms with Crippen LogP contribution in [0.3, 0.4) is 0 Å². The van der Waals surface area contributed by atoms with Crippen LogP contribution in [0, 0.1) is 0 Å². The van der Waals surface area contributed by atoms with E-state index in [9.17, 15) is 0 Å². The topological polar surface area (TPSA) is 43.1 Å². The number of fused-ring (bicyclic) bond motifs is 10. The summed E-state index contributed by atoms with van der Waals surface area (Å²) in [6.07, 6.45) is 3.82. The van der Waals surface area contributed by atoms with Crippen molar-refractivity contribution in [2.24, 2.45) is 0 Å². The van der Waals surface area contributed by atoms with Crippen molar-refractivity contribution >= 4 is 96.7 Å². The summed E-state index contributed by atoms with van der Waals surface area (Å²) >= 11 is 3.85. The van der Waals surface area contributed by atoms with E-state index in [2.05, 4.69) is 141 Å². The third-order valence-corrected chi connectivity index (χ3v) is 15.4. The third-order valence-electron chi connectivity index (χ3n) is 8.52. The molecule has 0 amide bonds. The predicted molar refractivity (Wildman–Crippen MR) is 183 cm³/mol. The molecule has 0 fully saturated rings. The summed E-state index contributed by atoms with van der Waals surface area (Å²) in [5, 5.41) is 9.60. The molecule has 5 aromatic carbocycles. The Hall–Kier alpha value is -4.66. The molecule has 0 N–H and O–H groups in total. The van der Waals surface area contributed by atoms with Crippen molar-refractivity contribution in [3.63, 3.8) is 0 Å². The van der Waals surface area contributed by atoms with E-state index in [1.165, 1.54) is 32.1 Å². The van der Waals surface area contributed by atoms with Gasteiger partial charge in [0.1, 0.15) is 0 Å². The number of aromatic nitrogens is 4. The fourth-order valence-corrected chi connectivity index (χ4v) is 12.3. The molecule has 1 atom stereocenters. The SMILES string of the molecule is [Se]=P(c1ccc2cccnc2c1)(c1ccnc2ccccc12)c1cccc2c3ccccc3n3c4ccccc4nc3c12. The van der Waals surface area contributed by atoms with E-state index in [0.717, 1.165) is 44.0 Å². The standard InChI is InChI=1S/C37H23N4PSe/c43-42(25-19-18-24-9-8-21-38-31(24)23-25,34-20-22-39-29-13-3-1-11-28(29)34)35-17-7-12-27-26-10-2-5-15-32(26)41-33-16-6-4-14-30(33)40-37(41)36(27)35/h1-23H. The van der Waals surface area contributed by atoms with Crippen LogP contribution < -0.4 is 15.9 Å². The zero-order chi connectivity index (χ0) is 28.5. The minimum atomic E-state index is -2.41. The molecule has 43 heavy (non-hydrogen) atoms. The Kier molecular flexibility index (Phi) is 5.45. The summed E-state index contributed by atoms with van der Waals surface area (Å²) in [4.78, 5) is 14.8. The van der Waals surface area contributed by atoms with Crippen LogP contribution in [0.25, 0.3) is 60.2 Å². The molecule has 0 spiro atoms. The average Bonchev–Trinajstić information content (AvgIpc) is 3.47. The summed E-state index contributed by atoms with van der Waals surface area (Å²) < 4.78 is 2.34. The van der Waals surface area contributed by atoms with Gasteiger partial charge in [0.25, 0.3) is 0 Å². The van der Waals surface area contributed by atoms with Crippen molar-refractivity contribution in [3.05, 3.63) is 140 Å². The summed E-state index contributed by atoms with van der Waals surface area (Å²) in [6.45, 7) is 0. The molecule has 0 aliphatic heterocycles. The van der Waals surface area contributed by atoms with Crippen molar-refractivity contribution < 1.29 is 0 Å². The number of imidazole rings is 1. The van der Waals surface area contributed by atoms with Gasteiger partial charge in [-0.1, -0.05) is 0 Å². The maximum absolute atomic E-state index is 5.31. The van der Waals surface area contributed by atoms with E-state index in [1.807, 2.05) is 18.5 Å². The van der Waals surface area contributed by atoms with E-state index in [-0.39, 0.29) is 0 Å². The first-order valence-corrected chi connectivity index (χ1v) is 18.2. The molecule has 0 saturated heterocycles. The van der Waals surface area contributed by atoms with Gasteiger partial charge in [-0.05, 0) is 0 Å². The van der Waals surface area contributed by atoms with Crippen LogP contribution in [0.4, 0.5) is 0 Å². The normalized spacial score (nSPS) is 13.4. The number of hydrogen-bond acceptors (Lipinski definition) is 3. The molecule has 6 heteroatoms. The Morgan fingerprint density at radius 1 is 0.535 bits per heavy atom. The van der Waals surface area contributed by atoms with Gasteiger partial charge in [0.2, 0.25) is 0 Å². The molecule has 202 valence electrons. The summed E-state index contributed by atoms with van der Waals surface area (Å²) in [5.41, 5.74) is 3.80. The number of para-hydroxylation sites is 4. The van der Waals surface area contributed by atoms with Crippen LogP contribution in [0.1, 0.15) is 0 Å². The molecule has 0 radical (unpaired) electrons. The Morgan fingerprint density at radius 3 is 2.19 bits per heavy atom. The molecular formula is C37H23N4PSe. The molecule has 1 unspecified atom stereocenters. The summed E-state index contributed by atoms with van der Waals surface area (Å²) in [5.74, 6) is 0. The second-order valence-electron chi connectivity index (χ2n) is 10.8. The zero-order valence-corrected chi connectivity index (χ0v) is 25.5. The van der Waals surface area contributed by atoms with Gasteiger partial charge in [-0.15, -0.1) is 0 Å². The number of nitrogens with zero attached hydrogens (tertiary/aromatic N) is 4. The Labute approximate surface area is 254 Å². The van der Waals surface area contributed by atoms with Gasteiger partial charge in [-0.2, -0.15) is 0 Å². The first-order valence-electron chi connectivity index (χ1n) is 14.2. The first kappa shape index (κ1) is 24.9. The number of benzene rings is 5. The van der Waals surface area contributed by atoms with E-state index in [4.69, 9.17) is 15.0 Å². The zero-order valence-electron chi connectivity index (χ0n) is 22.9. The van der Waals surface area contributed by atoms with Crippen molar-refractivity contribution in [2.45, 2.75) is 0 Å². The number of rotatable bonds is 3. The van der Waals surface area contributed by atoms with Crippen LogP contribution in [0.2, 0.25) is 0 Å². The van der Waals surface area contributed by atoms with Gasteiger partial charge in [0, 0.05) is 0 Å². The predicted octanol–water partition coefficient (Wildman–Crippen LogP) is 7.27. The van der Waals surface area contributed by atoms with Gasteiger partial charge < -0.3 is 0 Å². The van der Waals surface area contributed by atoms with Crippen molar-refractivity contribution in [1.29, 1.82) is 0 Å². The van der Waals surface area contributed by atoms with E-state index >= 15 is 0 Å². The molecule has 0 aliphatic carbocycles. The summed E-state index contributed by atoms with van der Waals surface area (Å²) in [7, 11) is 0. The summed E-state index contributed by atoms with van der Waals surface area (Å²) in [6, 6.07) is 45.4. The Bertz CT molecular complexity index is 2620. The first-order chi connectivity index (χ1) is 21.2. The van der Waals surface area contributed by atoms with Crippen molar-refractivity contribution in [2.75, 3.05) is 0 Å². The third kappa shape index (κ3) is 3.57. The minimum absolute atomic E-state index is 0.974. The Morgan fingerprint density at radius 2 is 1.28 bits per heavy atom. The van der Waals surface area contributed by atoms with Crippen LogP contribution >= 0.6 is 5.51 Å². The van der Waals surface area contributed by atoms with Crippen LogP contribution in [-0.4, -0.2) is 34.5 Å². The molecule has 9 aromatic rings. The van der Waals surface area contributed by atoms with Gasteiger partial charge in [-0.3, -0.25) is 0 Å². The maximum atomic E-state index is 5.31. The molecule has 4 heterocycles. The molecular weight excluding hydrogens is 610 g/mol. The van der Waals surface area contributed by atoms with Crippen molar-refractivity contribution in [3.8, 4) is 0 Å². The second-order valence-corrected chi connectivity index (χ2v) is 17.0. The van der Waals surface area contributed by atoms with Gasteiger partial charge in [0.15, 0.2) is 0 Å². The quantitative estimate of drug-likeness (QED) is 0.117. The number of hydrogen-bond donors (Lipinski definition) is 0. The van der Waals surface area contributed by atoms with Crippen molar-refractivity contribution in [1.82, 2.24) is 19.4 Å². The van der Waals surface area contributed by atoms with Gasteiger partial charge >= 0.3 is 256 Å². The van der Waals surface area contributed by atoms with Crippen LogP contribution in [0.5, 0.6) is 0 Å². The fraction of sp³-hybridized carbons (Fsp3) is 0. The molecule has 4 nitrogen and oxygen atoms in total. The molecule has 9 rings (SSSR count).